The van der Waals surface area contributed by atoms with Crippen LogP contribution in [-0.4, -0.2) is 28.5 Å². The van der Waals surface area contributed by atoms with Gasteiger partial charge in [-0.1, -0.05) is 0 Å². The number of aryl methyl sites for hydroxylation is 1. The fourth-order valence-electron chi connectivity index (χ4n) is 2.38. The standard InChI is InChI=1S/C12H15N3/c1-8-5-11-10(6-13-8)9-3-4-15(2)7-12(9)14-11/h5-6,14H,3-4,7H2,1-2H3. The summed E-state index contributed by atoms with van der Waals surface area (Å²) in [6.45, 7) is 4.21. The van der Waals surface area contributed by atoms with Gasteiger partial charge in [0.2, 0.25) is 0 Å². The van der Waals surface area contributed by atoms with Crippen molar-refractivity contribution in [2.75, 3.05) is 13.6 Å². The third kappa shape index (κ3) is 1.35. The van der Waals surface area contributed by atoms with E-state index in [-0.39, 0.29) is 0 Å². The van der Waals surface area contributed by atoms with Crippen molar-refractivity contribution in [3.63, 3.8) is 0 Å². The molecule has 3 heteroatoms. The van der Waals surface area contributed by atoms with Gasteiger partial charge in [0.05, 0.1) is 0 Å². The predicted octanol–water partition coefficient (Wildman–Crippen LogP) is 1.86. The highest BCUT2D eigenvalue weighted by molar-refractivity contribution is 5.84. The number of likely N-dealkylation sites (N-methyl/N-ethyl adjacent to an activating group) is 1. The first-order valence-electron chi connectivity index (χ1n) is 5.38. The molecule has 0 fully saturated rings. The van der Waals surface area contributed by atoms with Crippen LogP contribution >= 0.6 is 0 Å². The minimum atomic E-state index is 1.03. The Morgan fingerprint density at radius 2 is 2.33 bits per heavy atom. The Hall–Kier alpha value is -1.35. The highest BCUT2D eigenvalue weighted by Crippen LogP contribution is 2.26. The van der Waals surface area contributed by atoms with Crippen LogP contribution in [0.3, 0.4) is 0 Å². The van der Waals surface area contributed by atoms with E-state index >= 15 is 0 Å². The zero-order valence-corrected chi connectivity index (χ0v) is 9.17. The first kappa shape index (κ1) is 8.92. The molecule has 2 aromatic heterocycles. The quantitative estimate of drug-likeness (QED) is 0.705. The van der Waals surface area contributed by atoms with Crippen LogP contribution in [0.25, 0.3) is 10.9 Å². The molecule has 78 valence electrons. The number of hydrogen-bond donors (Lipinski definition) is 1. The molecule has 0 atom stereocenters. The second-order valence-corrected chi connectivity index (χ2v) is 4.44. The van der Waals surface area contributed by atoms with Gasteiger partial charge in [0, 0.05) is 41.6 Å². The van der Waals surface area contributed by atoms with E-state index in [9.17, 15) is 0 Å². The number of nitrogens with one attached hydrogen (secondary N) is 1. The molecule has 3 nitrogen and oxygen atoms in total. The third-order valence-electron chi connectivity index (χ3n) is 3.19. The van der Waals surface area contributed by atoms with Crippen LogP contribution in [0, 0.1) is 6.92 Å². The fraction of sp³-hybridized carbons (Fsp3) is 0.417. The van der Waals surface area contributed by atoms with Crippen LogP contribution in [0.1, 0.15) is 17.0 Å². The Kier molecular flexibility index (Phi) is 1.83. The molecule has 0 aromatic carbocycles. The van der Waals surface area contributed by atoms with Crippen LogP contribution in [0.4, 0.5) is 0 Å². The highest BCUT2D eigenvalue weighted by atomic mass is 15.1. The number of fused-ring (bicyclic) bond motifs is 3. The minimum Gasteiger partial charge on any atom is -0.357 e. The third-order valence-corrected chi connectivity index (χ3v) is 3.19. The zero-order valence-electron chi connectivity index (χ0n) is 9.17. The maximum atomic E-state index is 4.37. The predicted molar refractivity (Wildman–Crippen MR) is 60.9 cm³/mol. The molecule has 0 bridgehead atoms. The SMILES string of the molecule is Cc1cc2[nH]c3c(c2cn1)CCN(C)C3. The number of aromatic nitrogens is 2. The first-order chi connectivity index (χ1) is 7.24. The van der Waals surface area contributed by atoms with Crippen molar-refractivity contribution < 1.29 is 0 Å². The summed E-state index contributed by atoms with van der Waals surface area (Å²) in [6, 6.07) is 2.13. The van der Waals surface area contributed by atoms with Crippen molar-refractivity contribution in [1.29, 1.82) is 0 Å². The number of pyridine rings is 1. The lowest BCUT2D eigenvalue weighted by Gasteiger charge is -2.22. The summed E-state index contributed by atoms with van der Waals surface area (Å²) < 4.78 is 0. The summed E-state index contributed by atoms with van der Waals surface area (Å²) in [4.78, 5) is 10.2. The molecule has 0 saturated heterocycles. The largest absolute Gasteiger partial charge is 0.357 e. The van der Waals surface area contributed by atoms with Gasteiger partial charge in [-0.2, -0.15) is 0 Å². The van der Waals surface area contributed by atoms with E-state index in [0.29, 0.717) is 0 Å². The number of rotatable bonds is 0. The highest BCUT2D eigenvalue weighted by Gasteiger charge is 2.18. The molecule has 0 amide bonds. The van der Waals surface area contributed by atoms with E-state index in [4.69, 9.17) is 0 Å². The summed E-state index contributed by atoms with van der Waals surface area (Å²) in [6.07, 6.45) is 3.14. The van der Waals surface area contributed by atoms with Crippen molar-refractivity contribution in [3.8, 4) is 0 Å². The van der Waals surface area contributed by atoms with Gasteiger partial charge in [0.15, 0.2) is 0 Å². The molecular weight excluding hydrogens is 186 g/mol. The van der Waals surface area contributed by atoms with E-state index < -0.39 is 0 Å². The summed E-state index contributed by atoms with van der Waals surface area (Å²) in [7, 11) is 2.16. The second kappa shape index (κ2) is 3.07. The van der Waals surface area contributed by atoms with Gasteiger partial charge in [-0.05, 0) is 32.0 Å². The summed E-state index contributed by atoms with van der Waals surface area (Å²) >= 11 is 0. The van der Waals surface area contributed by atoms with Gasteiger partial charge < -0.3 is 9.88 Å². The van der Waals surface area contributed by atoms with Gasteiger partial charge in [0.25, 0.3) is 0 Å². The molecule has 0 spiro atoms. The van der Waals surface area contributed by atoms with Crippen molar-refractivity contribution in [3.05, 3.63) is 29.2 Å². The maximum Gasteiger partial charge on any atom is 0.0493 e. The smallest absolute Gasteiger partial charge is 0.0493 e. The van der Waals surface area contributed by atoms with Crippen molar-refractivity contribution in [1.82, 2.24) is 14.9 Å². The molecule has 1 aliphatic rings. The molecular formula is C12H15N3. The summed E-state index contributed by atoms with van der Waals surface area (Å²) in [5.41, 5.74) is 5.15. The van der Waals surface area contributed by atoms with Gasteiger partial charge in [-0.3, -0.25) is 4.98 Å². The van der Waals surface area contributed by atoms with Crippen LogP contribution in [0.15, 0.2) is 12.3 Å². The fourth-order valence-corrected chi connectivity index (χ4v) is 2.38. The Morgan fingerprint density at radius 1 is 1.47 bits per heavy atom. The molecule has 1 aliphatic heterocycles. The van der Waals surface area contributed by atoms with Crippen LogP contribution in [-0.2, 0) is 13.0 Å². The van der Waals surface area contributed by atoms with Gasteiger partial charge in [-0.15, -0.1) is 0 Å². The maximum absolute atomic E-state index is 4.37. The number of aromatic amines is 1. The lowest BCUT2D eigenvalue weighted by molar-refractivity contribution is 0.310. The number of hydrogen-bond acceptors (Lipinski definition) is 2. The van der Waals surface area contributed by atoms with Gasteiger partial charge >= 0.3 is 0 Å². The van der Waals surface area contributed by atoms with Gasteiger partial charge in [0.1, 0.15) is 0 Å². The lowest BCUT2D eigenvalue weighted by atomic mass is 10.1. The van der Waals surface area contributed by atoms with Crippen LogP contribution in [0.5, 0.6) is 0 Å². The average Bonchev–Trinajstić information content (AvgIpc) is 2.53. The second-order valence-electron chi connectivity index (χ2n) is 4.44. The van der Waals surface area contributed by atoms with E-state index in [1.807, 2.05) is 13.1 Å². The topological polar surface area (TPSA) is 31.9 Å². The first-order valence-corrected chi connectivity index (χ1v) is 5.38. The molecule has 3 heterocycles. The zero-order chi connectivity index (χ0) is 10.4. The van der Waals surface area contributed by atoms with Crippen LogP contribution in [0.2, 0.25) is 0 Å². The molecule has 0 unspecified atom stereocenters. The van der Waals surface area contributed by atoms with Crippen molar-refractivity contribution in [2.24, 2.45) is 0 Å². The number of nitrogens with zero attached hydrogens (tertiary/aromatic N) is 2. The van der Waals surface area contributed by atoms with Crippen molar-refractivity contribution in [2.45, 2.75) is 19.9 Å². The Labute approximate surface area is 89.1 Å². The van der Waals surface area contributed by atoms with E-state index in [0.717, 1.165) is 25.2 Å². The average molecular weight is 201 g/mol. The Bertz CT molecular complexity index is 513. The van der Waals surface area contributed by atoms with Crippen LogP contribution < -0.4 is 0 Å². The Morgan fingerprint density at radius 3 is 3.20 bits per heavy atom. The van der Waals surface area contributed by atoms with E-state index in [2.05, 4.69) is 28.0 Å². The molecule has 0 saturated carbocycles. The molecule has 15 heavy (non-hydrogen) atoms. The molecule has 0 radical (unpaired) electrons. The molecule has 2 aromatic rings. The number of H-pyrrole nitrogens is 1. The normalized spacial score (nSPS) is 16.9. The van der Waals surface area contributed by atoms with Gasteiger partial charge in [-0.25, -0.2) is 0 Å². The summed E-state index contributed by atoms with van der Waals surface area (Å²) in [5, 5.41) is 1.31. The monoisotopic (exact) mass is 201 g/mol. The lowest BCUT2D eigenvalue weighted by Crippen LogP contribution is -2.26. The molecule has 0 aliphatic carbocycles. The minimum absolute atomic E-state index is 1.03. The Balaban J connectivity index is 2.23. The van der Waals surface area contributed by atoms with E-state index in [1.54, 1.807) is 0 Å². The molecule has 1 N–H and O–H groups in total. The van der Waals surface area contributed by atoms with E-state index in [1.165, 1.54) is 22.2 Å². The summed E-state index contributed by atoms with van der Waals surface area (Å²) in [5.74, 6) is 0. The van der Waals surface area contributed by atoms with Crippen molar-refractivity contribution >= 4 is 10.9 Å². The molecule has 3 rings (SSSR count).